The fourth-order valence-electron chi connectivity index (χ4n) is 1.61. The Bertz CT molecular complexity index is 503. The molecular weight excluding hydrogens is 282 g/mol. The van der Waals surface area contributed by atoms with Gasteiger partial charge in [0, 0.05) is 29.9 Å². The summed E-state index contributed by atoms with van der Waals surface area (Å²) in [5, 5.41) is 6.40. The van der Waals surface area contributed by atoms with E-state index >= 15 is 0 Å². The molecule has 1 amide bonds. The summed E-state index contributed by atoms with van der Waals surface area (Å²) in [6, 6.07) is 5.26. The van der Waals surface area contributed by atoms with E-state index in [-0.39, 0.29) is 10.9 Å². The summed E-state index contributed by atoms with van der Waals surface area (Å²) in [6.45, 7) is 4.17. The van der Waals surface area contributed by atoms with Crippen molar-refractivity contribution in [1.82, 2.24) is 5.32 Å². The molecule has 4 nitrogen and oxygen atoms in total. The first-order chi connectivity index (χ1) is 8.77. The van der Waals surface area contributed by atoms with Gasteiger partial charge in [0.15, 0.2) is 0 Å². The van der Waals surface area contributed by atoms with Crippen LogP contribution in [0.3, 0.4) is 0 Å². The highest BCUT2D eigenvalue weighted by molar-refractivity contribution is 7.80. The van der Waals surface area contributed by atoms with E-state index in [1.807, 2.05) is 13.8 Å². The maximum absolute atomic E-state index is 11.7. The Morgan fingerprint density at radius 1 is 1.47 bits per heavy atom. The number of amides is 1. The van der Waals surface area contributed by atoms with Crippen LogP contribution in [0.1, 0.15) is 19.4 Å². The second-order valence-corrected chi connectivity index (χ2v) is 5.75. The zero-order valence-electron chi connectivity index (χ0n) is 11.2. The molecule has 0 atom stereocenters. The number of thiocarbonyl (C=S) groups is 1. The molecule has 0 saturated carbocycles. The van der Waals surface area contributed by atoms with E-state index in [1.54, 1.807) is 25.2 Å². The Hall–Kier alpha value is -1.33. The molecule has 0 aliphatic carbocycles. The van der Waals surface area contributed by atoms with Gasteiger partial charge in [0.25, 0.3) is 0 Å². The summed E-state index contributed by atoms with van der Waals surface area (Å²) in [4.78, 5) is 12.0. The number of rotatable bonds is 5. The first-order valence-corrected chi connectivity index (χ1v) is 6.62. The van der Waals surface area contributed by atoms with Crippen LogP contribution < -0.4 is 16.4 Å². The van der Waals surface area contributed by atoms with E-state index in [9.17, 15) is 4.79 Å². The van der Waals surface area contributed by atoms with Crippen molar-refractivity contribution in [2.45, 2.75) is 13.8 Å². The van der Waals surface area contributed by atoms with Gasteiger partial charge in [0.05, 0.1) is 5.41 Å². The lowest BCUT2D eigenvalue weighted by Crippen LogP contribution is -2.39. The molecule has 0 saturated heterocycles. The quantitative estimate of drug-likeness (QED) is 0.729. The first-order valence-electron chi connectivity index (χ1n) is 5.83. The molecule has 1 aromatic carbocycles. The Labute approximate surface area is 123 Å². The zero-order chi connectivity index (χ0) is 14.6. The SMILES string of the molecule is CNC(=O)C(C)(C)CNc1ccc(Cl)cc1C(N)=S. The predicted molar refractivity (Wildman–Crippen MR) is 83.7 cm³/mol. The smallest absolute Gasteiger partial charge is 0.227 e. The maximum Gasteiger partial charge on any atom is 0.227 e. The van der Waals surface area contributed by atoms with Crippen molar-refractivity contribution in [1.29, 1.82) is 0 Å². The van der Waals surface area contributed by atoms with Crippen molar-refractivity contribution in [2.75, 3.05) is 18.9 Å². The summed E-state index contributed by atoms with van der Waals surface area (Å²) >= 11 is 10.9. The summed E-state index contributed by atoms with van der Waals surface area (Å²) in [6.07, 6.45) is 0. The third-order valence-electron chi connectivity index (χ3n) is 2.81. The van der Waals surface area contributed by atoms with Crippen LogP contribution in [0.15, 0.2) is 18.2 Å². The number of carbonyl (C=O) groups is 1. The number of nitrogens with two attached hydrogens (primary N) is 1. The number of halogens is 1. The molecule has 104 valence electrons. The van der Waals surface area contributed by atoms with Gasteiger partial charge in [-0.15, -0.1) is 0 Å². The first kappa shape index (κ1) is 15.7. The van der Waals surface area contributed by atoms with E-state index in [1.165, 1.54) is 0 Å². The Kier molecular flexibility index (Phi) is 5.14. The van der Waals surface area contributed by atoms with Crippen LogP contribution in [0.25, 0.3) is 0 Å². The van der Waals surface area contributed by atoms with Crippen molar-refractivity contribution in [3.05, 3.63) is 28.8 Å². The maximum atomic E-state index is 11.7. The molecule has 4 N–H and O–H groups in total. The molecule has 0 bridgehead atoms. The van der Waals surface area contributed by atoms with Crippen LogP contribution in [0.2, 0.25) is 5.02 Å². The lowest BCUT2D eigenvalue weighted by molar-refractivity contribution is -0.128. The number of hydrogen-bond acceptors (Lipinski definition) is 3. The number of anilines is 1. The van der Waals surface area contributed by atoms with Gasteiger partial charge < -0.3 is 16.4 Å². The Morgan fingerprint density at radius 2 is 2.11 bits per heavy atom. The average molecular weight is 300 g/mol. The average Bonchev–Trinajstić information content (AvgIpc) is 2.36. The molecule has 0 aliphatic heterocycles. The topological polar surface area (TPSA) is 67.2 Å². The van der Waals surface area contributed by atoms with Gasteiger partial charge in [0.2, 0.25) is 5.91 Å². The summed E-state index contributed by atoms with van der Waals surface area (Å²) in [5.74, 6) is -0.0363. The highest BCUT2D eigenvalue weighted by atomic mass is 35.5. The molecule has 6 heteroatoms. The number of benzene rings is 1. The molecular formula is C13H18ClN3OS. The van der Waals surface area contributed by atoms with Crippen LogP contribution >= 0.6 is 23.8 Å². The second kappa shape index (κ2) is 6.21. The number of carbonyl (C=O) groups excluding carboxylic acids is 1. The van der Waals surface area contributed by atoms with Crippen molar-refractivity contribution in [3.63, 3.8) is 0 Å². The van der Waals surface area contributed by atoms with E-state index in [0.717, 1.165) is 5.69 Å². The molecule has 0 aromatic heterocycles. The molecule has 0 aliphatic rings. The predicted octanol–water partition coefficient (Wildman–Crippen LogP) is 2.16. The molecule has 0 fully saturated rings. The largest absolute Gasteiger partial charge is 0.389 e. The van der Waals surface area contributed by atoms with Gasteiger partial charge in [-0.05, 0) is 32.0 Å². The Balaban J connectivity index is 2.89. The van der Waals surface area contributed by atoms with Gasteiger partial charge in [-0.25, -0.2) is 0 Å². The highest BCUT2D eigenvalue weighted by Gasteiger charge is 2.26. The third kappa shape index (κ3) is 4.08. The van der Waals surface area contributed by atoms with Gasteiger partial charge >= 0.3 is 0 Å². The van der Waals surface area contributed by atoms with E-state index in [4.69, 9.17) is 29.6 Å². The number of nitrogens with one attached hydrogen (secondary N) is 2. The van der Waals surface area contributed by atoms with Crippen LogP contribution in [0, 0.1) is 5.41 Å². The molecule has 0 radical (unpaired) electrons. The van der Waals surface area contributed by atoms with Gasteiger partial charge in [-0.2, -0.15) is 0 Å². The molecule has 0 unspecified atom stereocenters. The molecule has 0 heterocycles. The summed E-state index contributed by atoms with van der Waals surface area (Å²) in [7, 11) is 1.62. The van der Waals surface area contributed by atoms with Gasteiger partial charge in [0.1, 0.15) is 4.99 Å². The fraction of sp³-hybridized carbons (Fsp3) is 0.385. The minimum absolute atomic E-state index is 0.0363. The van der Waals surface area contributed by atoms with Crippen LogP contribution in [0.5, 0.6) is 0 Å². The molecule has 19 heavy (non-hydrogen) atoms. The van der Waals surface area contributed by atoms with E-state index in [0.29, 0.717) is 17.1 Å². The van der Waals surface area contributed by atoms with Gasteiger partial charge in [-0.1, -0.05) is 23.8 Å². The van der Waals surface area contributed by atoms with Crippen molar-refractivity contribution in [2.24, 2.45) is 11.1 Å². The van der Waals surface area contributed by atoms with E-state index in [2.05, 4.69) is 10.6 Å². The standard InChI is InChI=1S/C13H18ClN3OS/c1-13(2,12(18)16-3)7-17-10-5-4-8(14)6-9(10)11(15)19/h4-6,17H,7H2,1-3H3,(H2,15,19)(H,16,18). The van der Waals surface area contributed by atoms with Crippen LogP contribution in [-0.2, 0) is 4.79 Å². The second-order valence-electron chi connectivity index (χ2n) is 4.87. The van der Waals surface area contributed by atoms with Crippen LogP contribution in [-0.4, -0.2) is 24.5 Å². The Morgan fingerprint density at radius 3 is 2.63 bits per heavy atom. The molecule has 0 spiro atoms. The van der Waals surface area contributed by atoms with E-state index < -0.39 is 5.41 Å². The summed E-state index contributed by atoms with van der Waals surface area (Å²) < 4.78 is 0. The number of hydrogen-bond donors (Lipinski definition) is 3. The highest BCUT2D eigenvalue weighted by Crippen LogP contribution is 2.23. The minimum Gasteiger partial charge on any atom is -0.389 e. The van der Waals surface area contributed by atoms with Crippen molar-refractivity contribution in [3.8, 4) is 0 Å². The zero-order valence-corrected chi connectivity index (χ0v) is 12.8. The van der Waals surface area contributed by atoms with Crippen molar-refractivity contribution < 1.29 is 4.79 Å². The fourth-order valence-corrected chi connectivity index (χ4v) is 1.95. The normalized spacial score (nSPS) is 10.9. The lowest BCUT2D eigenvalue weighted by Gasteiger charge is -2.24. The molecule has 1 rings (SSSR count). The van der Waals surface area contributed by atoms with Gasteiger partial charge in [-0.3, -0.25) is 4.79 Å². The summed E-state index contributed by atoms with van der Waals surface area (Å²) in [5.41, 5.74) is 6.57. The third-order valence-corrected chi connectivity index (χ3v) is 3.26. The lowest BCUT2D eigenvalue weighted by atomic mass is 9.92. The minimum atomic E-state index is -0.540. The monoisotopic (exact) mass is 299 g/mol. The van der Waals surface area contributed by atoms with Crippen molar-refractivity contribution >= 4 is 40.4 Å². The molecule has 1 aromatic rings. The van der Waals surface area contributed by atoms with Crippen LogP contribution in [0.4, 0.5) is 5.69 Å².